The molecule has 0 aliphatic rings. The van der Waals surface area contributed by atoms with Crippen LogP contribution in [-0.2, 0) is 22.4 Å². The number of nitrogens with zero attached hydrogens (tertiary/aromatic N) is 1. The number of ether oxygens (including phenoxy) is 1. The SMILES string of the molecule is COC(c1ccccc1)C(O)(O)NCCc1c(O)c(O)c(NC(=O)Cc2nc(N)sc2O)c(O)c1O. The van der Waals surface area contributed by atoms with E-state index in [9.17, 15) is 40.5 Å². The van der Waals surface area contributed by atoms with E-state index in [-0.39, 0.29) is 34.4 Å². The number of hydrogen-bond acceptors (Lipinski definition) is 13. The molecular formula is C22H26N4O9S. The molecule has 36 heavy (non-hydrogen) atoms. The molecule has 2 aromatic carbocycles. The first-order valence-corrected chi connectivity index (χ1v) is 11.3. The molecule has 0 aliphatic heterocycles. The molecule has 14 heteroatoms. The molecule has 0 fully saturated rings. The van der Waals surface area contributed by atoms with Crippen molar-refractivity contribution in [3.05, 3.63) is 47.2 Å². The summed E-state index contributed by atoms with van der Waals surface area (Å²) in [7, 11) is 1.28. The van der Waals surface area contributed by atoms with E-state index < -0.39 is 53.0 Å². The van der Waals surface area contributed by atoms with Gasteiger partial charge in [-0.25, -0.2) is 4.98 Å². The number of carbonyl (C=O) groups is 1. The quantitative estimate of drug-likeness (QED) is 0.100. The van der Waals surface area contributed by atoms with E-state index in [0.717, 1.165) is 11.3 Å². The normalized spacial score (nSPS) is 12.4. The smallest absolute Gasteiger partial charge is 0.254 e. The van der Waals surface area contributed by atoms with E-state index >= 15 is 0 Å². The van der Waals surface area contributed by atoms with Gasteiger partial charge in [-0.2, -0.15) is 0 Å². The van der Waals surface area contributed by atoms with Crippen molar-refractivity contribution in [2.45, 2.75) is 24.9 Å². The van der Waals surface area contributed by atoms with Crippen LogP contribution in [0.4, 0.5) is 10.8 Å². The van der Waals surface area contributed by atoms with E-state index in [1.54, 1.807) is 30.3 Å². The van der Waals surface area contributed by atoms with E-state index in [2.05, 4.69) is 15.6 Å². The molecule has 0 aliphatic carbocycles. The van der Waals surface area contributed by atoms with Crippen LogP contribution < -0.4 is 16.4 Å². The highest BCUT2D eigenvalue weighted by Crippen LogP contribution is 2.50. The number of nitrogen functional groups attached to an aromatic ring is 1. The fourth-order valence-electron chi connectivity index (χ4n) is 3.54. The number of anilines is 2. The summed E-state index contributed by atoms with van der Waals surface area (Å²) in [6, 6.07) is 8.38. The van der Waals surface area contributed by atoms with Crippen LogP contribution in [0.1, 0.15) is 22.9 Å². The van der Waals surface area contributed by atoms with Gasteiger partial charge in [0.25, 0.3) is 5.91 Å². The van der Waals surface area contributed by atoms with Gasteiger partial charge in [0, 0.05) is 19.2 Å². The number of thiazole rings is 1. The monoisotopic (exact) mass is 522 g/mol. The zero-order chi connectivity index (χ0) is 26.6. The number of benzene rings is 2. The van der Waals surface area contributed by atoms with E-state index in [4.69, 9.17) is 10.5 Å². The molecule has 1 amide bonds. The van der Waals surface area contributed by atoms with Crippen molar-refractivity contribution in [2.75, 3.05) is 24.7 Å². The second-order valence-electron chi connectivity index (χ2n) is 7.71. The van der Waals surface area contributed by atoms with Crippen LogP contribution in [0.15, 0.2) is 30.3 Å². The van der Waals surface area contributed by atoms with Gasteiger partial charge in [-0.05, 0) is 12.0 Å². The predicted octanol–water partition coefficient (Wildman–Crippen LogP) is 0.593. The maximum atomic E-state index is 12.3. The number of rotatable bonds is 10. The molecule has 11 N–H and O–H groups in total. The largest absolute Gasteiger partial charge is 0.504 e. The second-order valence-corrected chi connectivity index (χ2v) is 8.72. The average Bonchev–Trinajstić information content (AvgIpc) is 3.14. The Hall–Kier alpha value is -3.82. The molecule has 0 bridgehead atoms. The Morgan fingerprint density at radius 1 is 1.08 bits per heavy atom. The number of hydrogen-bond donors (Lipinski definition) is 10. The highest BCUT2D eigenvalue weighted by atomic mass is 32.1. The molecule has 13 nitrogen and oxygen atoms in total. The van der Waals surface area contributed by atoms with Crippen molar-refractivity contribution < 1.29 is 45.3 Å². The highest BCUT2D eigenvalue weighted by molar-refractivity contribution is 7.17. The fourth-order valence-corrected chi connectivity index (χ4v) is 4.13. The second kappa shape index (κ2) is 10.8. The van der Waals surface area contributed by atoms with E-state index in [0.29, 0.717) is 5.56 Å². The molecule has 1 unspecified atom stereocenters. The number of carbonyl (C=O) groups excluding carboxylic acids is 1. The number of phenols is 4. The highest BCUT2D eigenvalue weighted by Gasteiger charge is 2.36. The molecule has 0 radical (unpaired) electrons. The van der Waals surface area contributed by atoms with Gasteiger partial charge in [0.15, 0.2) is 39.3 Å². The van der Waals surface area contributed by atoms with Crippen molar-refractivity contribution in [3.8, 4) is 28.1 Å². The molecule has 0 spiro atoms. The van der Waals surface area contributed by atoms with Crippen LogP contribution in [-0.4, -0.2) is 66.2 Å². The van der Waals surface area contributed by atoms with Crippen LogP contribution >= 0.6 is 11.3 Å². The lowest BCUT2D eigenvalue weighted by atomic mass is 10.0. The first kappa shape index (κ1) is 26.8. The Bertz CT molecular complexity index is 1200. The lowest BCUT2D eigenvalue weighted by Gasteiger charge is -2.31. The van der Waals surface area contributed by atoms with Crippen LogP contribution in [0.5, 0.6) is 28.1 Å². The van der Waals surface area contributed by atoms with Gasteiger partial charge in [0.2, 0.25) is 5.91 Å². The van der Waals surface area contributed by atoms with Gasteiger partial charge < -0.3 is 51.5 Å². The number of phenolic OH excluding ortho intramolecular Hbond substituents is 4. The van der Waals surface area contributed by atoms with Gasteiger partial charge in [-0.15, -0.1) is 0 Å². The minimum absolute atomic E-state index is 0.0320. The lowest BCUT2D eigenvalue weighted by molar-refractivity contribution is -0.254. The number of aromatic hydroxyl groups is 5. The summed E-state index contributed by atoms with van der Waals surface area (Å²) < 4.78 is 5.19. The molecular weight excluding hydrogens is 496 g/mol. The zero-order valence-electron chi connectivity index (χ0n) is 19.0. The molecule has 1 aromatic heterocycles. The molecule has 3 aromatic rings. The Kier molecular flexibility index (Phi) is 8.07. The summed E-state index contributed by atoms with van der Waals surface area (Å²) in [6.07, 6.45) is -1.94. The molecule has 0 saturated carbocycles. The standard InChI is InChI=1S/C22H26N4O9S/c1-35-19(10-5-3-2-4-6-10)22(33,34)24-8-7-11-15(28)17(30)14(18(31)16(11)29)26-13(27)9-12-20(32)36-21(23)25-12/h2-6,19,24,28-34H,7-9H2,1H3,(H2,23,25)(H,26,27). The first-order chi connectivity index (χ1) is 17.0. The van der Waals surface area contributed by atoms with Crippen molar-refractivity contribution in [2.24, 2.45) is 0 Å². The van der Waals surface area contributed by atoms with Crippen molar-refractivity contribution in [3.63, 3.8) is 0 Å². The van der Waals surface area contributed by atoms with Crippen molar-refractivity contribution in [1.29, 1.82) is 0 Å². The number of nitrogens with two attached hydrogens (primary N) is 1. The van der Waals surface area contributed by atoms with Gasteiger partial charge in [0.1, 0.15) is 11.4 Å². The van der Waals surface area contributed by atoms with Crippen LogP contribution in [0.3, 0.4) is 0 Å². The van der Waals surface area contributed by atoms with Gasteiger partial charge in [-0.1, -0.05) is 41.7 Å². The number of aromatic nitrogens is 1. The zero-order valence-corrected chi connectivity index (χ0v) is 19.8. The van der Waals surface area contributed by atoms with Gasteiger partial charge in [-0.3, -0.25) is 10.1 Å². The first-order valence-electron chi connectivity index (χ1n) is 10.5. The molecule has 0 saturated heterocycles. The van der Waals surface area contributed by atoms with E-state index in [1.165, 1.54) is 7.11 Å². The Labute approximate surface area is 208 Å². The average molecular weight is 523 g/mol. The molecule has 1 heterocycles. The third-order valence-corrected chi connectivity index (χ3v) is 5.97. The van der Waals surface area contributed by atoms with Crippen molar-refractivity contribution >= 4 is 28.1 Å². The van der Waals surface area contributed by atoms with Crippen molar-refractivity contribution in [1.82, 2.24) is 10.3 Å². The minimum Gasteiger partial charge on any atom is -0.504 e. The Balaban J connectivity index is 1.73. The number of aliphatic hydroxyl groups is 2. The summed E-state index contributed by atoms with van der Waals surface area (Å²) in [4.78, 5) is 16.1. The summed E-state index contributed by atoms with van der Waals surface area (Å²) in [5, 5.41) is 76.4. The topological polar surface area (TPSA) is 231 Å². The third-order valence-electron chi connectivity index (χ3n) is 5.24. The number of nitrogens with one attached hydrogen (secondary N) is 2. The molecule has 1 atom stereocenters. The van der Waals surface area contributed by atoms with Gasteiger partial charge >= 0.3 is 0 Å². The van der Waals surface area contributed by atoms with Crippen LogP contribution in [0, 0.1) is 0 Å². The van der Waals surface area contributed by atoms with Crippen LogP contribution in [0.2, 0.25) is 0 Å². The predicted molar refractivity (Wildman–Crippen MR) is 129 cm³/mol. The summed E-state index contributed by atoms with van der Waals surface area (Å²) in [5.41, 5.74) is 4.89. The third kappa shape index (κ3) is 5.69. The summed E-state index contributed by atoms with van der Waals surface area (Å²) in [6.45, 7) is -0.254. The molecule has 194 valence electrons. The summed E-state index contributed by atoms with van der Waals surface area (Å²) >= 11 is 0.756. The lowest BCUT2D eigenvalue weighted by Crippen LogP contribution is -2.51. The number of methoxy groups -OCH3 is 1. The Morgan fingerprint density at radius 3 is 2.22 bits per heavy atom. The Morgan fingerprint density at radius 2 is 1.69 bits per heavy atom. The maximum absolute atomic E-state index is 12.3. The van der Waals surface area contributed by atoms with E-state index in [1.807, 2.05) is 0 Å². The summed E-state index contributed by atoms with van der Waals surface area (Å²) in [5.74, 6) is -6.97. The van der Waals surface area contributed by atoms with Crippen LogP contribution in [0.25, 0.3) is 0 Å². The van der Waals surface area contributed by atoms with Gasteiger partial charge in [0.05, 0.1) is 6.42 Å². The minimum atomic E-state index is -2.55. The fraction of sp³-hybridized carbons (Fsp3) is 0.273. The molecule has 3 rings (SSSR count). The number of amides is 1. The maximum Gasteiger partial charge on any atom is 0.254 e.